The second kappa shape index (κ2) is 32.3. The number of aliphatic carboxylic acids is 1. The molecule has 0 aliphatic carbocycles. The highest BCUT2D eigenvalue weighted by atomic mass is 16.8. The second-order valence-electron chi connectivity index (χ2n) is 23.2. The molecule has 7 saturated heterocycles. The molecule has 92 heavy (non-hydrogen) atoms. The summed E-state index contributed by atoms with van der Waals surface area (Å²) in [4.78, 5) is 51.0. The summed E-state index contributed by atoms with van der Waals surface area (Å²) in [6.07, 6.45) is -65.6. The Labute approximate surface area is 520 Å². The number of hydrogen-bond donors (Lipinski definition) is 24. The van der Waals surface area contributed by atoms with E-state index in [0.29, 0.717) is 0 Å². The summed E-state index contributed by atoms with van der Waals surface area (Å²) in [5.41, 5.74) is 0. The van der Waals surface area contributed by atoms with Crippen LogP contribution in [0.1, 0.15) is 34.1 Å². The van der Waals surface area contributed by atoms with Gasteiger partial charge in [0, 0.05) is 27.2 Å². The van der Waals surface area contributed by atoms with Crippen LogP contribution < -0.4 is 16.0 Å². The van der Waals surface area contributed by atoms with E-state index in [1.807, 2.05) is 0 Å². The fraction of sp³-hybridized carbons (Fsp3) is 0.922. The minimum absolute atomic E-state index is 0.850. The summed E-state index contributed by atoms with van der Waals surface area (Å²) in [5, 5.41) is 235. The van der Waals surface area contributed by atoms with Gasteiger partial charge < -0.3 is 185 Å². The quantitative estimate of drug-likeness (QED) is 0.0427. The van der Waals surface area contributed by atoms with E-state index in [1.54, 1.807) is 0 Å². The topological polar surface area (TPSA) is 649 Å². The monoisotopic (exact) mass is 1350 g/mol. The molecule has 7 rings (SSSR count). The summed E-state index contributed by atoms with van der Waals surface area (Å²) >= 11 is 0. The van der Waals surface area contributed by atoms with E-state index in [-0.39, 0.29) is 0 Å². The van der Waals surface area contributed by atoms with Gasteiger partial charge in [-0.25, -0.2) is 4.79 Å². The summed E-state index contributed by atoms with van der Waals surface area (Å²) in [6.45, 7) is -2.23. The lowest BCUT2D eigenvalue weighted by atomic mass is 9.88. The predicted octanol–water partition coefficient (Wildman–Crippen LogP) is -15.6. The van der Waals surface area contributed by atoms with Crippen LogP contribution in [-0.4, -0.2) is 391 Å². The van der Waals surface area contributed by atoms with Crippen molar-refractivity contribution in [1.29, 1.82) is 0 Å². The van der Waals surface area contributed by atoms with Gasteiger partial charge in [0.05, 0.1) is 57.9 Å². The summed E-state index contributed by atoms with van der Waals surface area (Å²) in [5.74, 6) is -8.01. The minimum atomic E-state index is -3.26. The van der Waals surface area contributed by atoms with Crippen molar-refractivity contribution in [2.45, 2.75) is 254 Å². The standard InChI is InChI=1S/C51H85N3O38/c1-12-26(65)32(71)35(74)47(81-12)89-41-25(54-15(4)62)45(80-11-22-29(68)34(73)43(44(77)82-22)90-46-24(53-14(3)61)31(70)38(20(9-58)86-46)87-48-36(75)33(72)28(67)18(7-56)83-48)85-21(10-59)39(41)88-49-37(76)42(30(69)19(8-57)84-49)92-51(50(78)79)5-16(63)23(52-13(2)60)40(91-51)27(66)17(64)6-55/h12,16-49,55-59,63-77H,5-11H2,1-4H3,(H,52,60)(H,53,61)(H,54,62)(H,78,79)/t12-,16-,17+,18+,19+,20+,21+,22+,23+,24+,25+,26+,27+,28-,29+,30-,31+,32+,33-,34-,35-,36+,37+,38+,39+,40+,41+,42-,43-,44-,45+,46-,47-,48-,49-,51-/m0/s1. The lowest BCUT2D eigenvalue weighted by molar-refractivity contribution is -0.393. The molecule has 0 aromatic carbocycles. The molecule has 7 fully saturated rings. The Hall–Kier alpha value is -3.44. The molecule has 7 heterocycles. The lowest BCUT2D eigenvalue weighted by Crippen LogP contribution is -2.71. The van der Waals surface area contributed by atoms with Crippen LogP contribution in [-0.2, 0) is 80.8 Å². The van der Waals surface area contributed by atoms with Crippen LogP contribution in [0.5, 0.6) is 0 Å². The average molecular weight is 1350 g/mol. The van der Waals surface area contributed by atoms with Gasteiger partial charge in [0.1, 0.15) is 159 Å². The largest absolute Gasteiger partial charge is 0.477 e. The Kier molecular flexibility index (Phi) is 26.6. The molecule has 0 radical (unpaired) electrons. The maximum atomic E-state index is 13.2. The normalized spacial score (nSPS) is 47.6. The molecule has 7 aliphatic rings. The zero-order valence-electron chi connectivity index (χ0n) is 49.5. The fourth-order valence-electron chi connectivity index (χ4n) is 11.7. The van der Waals surface area contributed by atoms with E-state index < -0.39 is 290 Å². The first-order valence-electron chi connectivity index (χ1n) is 29.1. The van der Waals surface area contributed by atoms with Gasteiger partial charge >= 0.3 is 5.97 Å². The second-order valence-corrected chi connectivity index (χ2v) is 23.2. The van der Waals surface area contributed by atoms with Crippen LogP contribution in [0.15, 0.2) is 0 Å². The van der Waals surface area contributed by atoms with Crippen molar-refractivity contribution in [2.75, 3.05) is 39.6 Å². The summed E-state index contributed by atoms with van der Waals surface area (Å²) in [7, 11) is 0. The zero-order valence-corrected chi connectivity index (χ0v) is 49.5. The van der Waals surface area contributed by atoms with Crippen molar-refractivity contribution in [2.24, 2.45) is 0 Å². The maximum Gasteiger partial charge on any atom is 0.364 e. The SMILES string of the molecule is CC(=O)N[C@H]1[C@H](O[C@H]2[C@@H](O)[C@H](O)[C@@H](CO[C@@H]3O[C@H](CO)[C@@H](O[C@@H]4O[C@H](CO)[C@H](O)[C@H](O[C@]5(C(=O)O)C[C@H](O)[C@@H](NC(C)=O)[C@H]([C@H](O)[C@H](O)CO)O5)[C@H]4O)[C@H](O[C@@H]4O[C@@H](C)[C@@H](O)[C@@H](O)[C@@H]4O)[C@H]3NC(C)=O)O[C@@H]2O)O[C@H](CO)[C@@H](O[C@@H]2O[C@H](CO)[C@H](O)[C@H](O)[C@H]2O)[C@@H]1O. The number of ether oxygens (including phenoxy) is 13. The van der Waals surface area contributed by atoms with Crippen molar-refractivity contribution in [3.05, 3.63) is 0 Å². The first-order chi connectivity index (χ1) is 43.3. The number of carboxylic acids is 1. The molecule has 0 unspecified atom stereocenters. The van der Waals surface area contributed by atoms with Crippen molar-refractivity contribution in [1.82, 2.24) is 16.0 Å². The molecule has 36 atom stereocenters. The van der Waals surface area contributed by atoms with Gasteiger partial charge in [0.2, 0.25) is 17.7 Å². The lowest BCUT2D eigenvalue weighted by Gasteiger charge is -2.52. The molecule has 24 N–H and O–H groups in total. The van der Waals surface area contributed by atoms with E-state index in [0.717, 1.165) is 20.8 Å². The first kappa shape index (κ1) is 75.9. The van der Waals surface area contributed by atoms with Crippen LogP contribution in [0.2, 0.25) is 0 Å². The van der Waals surface area contributed by atoms with Crippen molar-refractivity contribution in [3.63, 3.8) is 0 Å². The number of carbonyl (C=O) groups is 4. The zero-order chi connectivity index (χ0) is 68.3. The van der Waals surface area contributed by atoms with E-state index in [9.17, 15) is 126 Å². The van der Waals surface area contributed by atoms with Gasteiger partial charge in [-0.1, -0.05) is 0 Å². The highest BCUT2D eigenvalue weighted by Crippen LogP contribution is 2.40. The Morgan fingerprint density at radius 2 is 0.935 bits per heavy atom. The Bertz CT molecular complexity index is 2400. The molecule has 0 bridgehead atoms. The van der Waals surface area contributed by atoms with Crippen LogP contribution in [0.25, 0.3) is 0 Å². The van der Waals surface area contributed by atoms with Crippen molar-refractivity contribution >= 4 is 23.7 Å². The summed E-state index contributed by atoms with van der Waals surface area (Å²) < 4.78 is 75.5. The fourth-order valence-corrected chi connectivity index (χ4v) is 11.7. The van der Waals surface area contributed by atoms with E-state index >= 15 is 0 Å². The number of aliphatic hydroxyl groups excluding tert-OH is 20. The number of carbonyl (C=O) groups excluding carboxylic acids is 3. The van der Waals surface area contributed by atoms with Gasteiger partial charge in [0.25, 0.3) is 5.79 Å². The molecule has 41 heteroatoms. The Morgan fingerprint density at radius 3 is 1.50 bits per heavy atom. The average Bonchev–Trinajstić information content (AvgIpc) is 0.764. The molecule has 0 aromatic heterocycles. The van der Waals surface area contributed by atoms with Gasteiger partial charge in [0.15, 0.2) is 37.7 Å². The number of hydrogen-bond acceptors (Lipinski definition) is 37. The first-order valence-corrected chi connectivity index (χ1v) is 29.1. The predicted molar refractivity (Wildman–Crippen MR) is 282 cm³/mol. The molecule has 0 spiro atoms. The third-order valence-electron chi connectivity index (χ3n) is 16.7. The third-order valence-corrected chi connectivity index (χ3v) is 16.7. The van der Waals surface area contributed by atoms with Gasteiger partial charge in [-0.15, -0.1) is 0 Å². The molecular formula is C51H85N3O38. The molecule has 532 valence electrons. The molecule has 0 saturated carbocycles. The van der Waals surface area contributed by atoms with Gasteiger partial charge in [-0.2, -0.15) is 0 Å². The van der Waals surface area contributed by atoms with Crippen LogP contribution in [0, 0.1) is 0 Å². The summed E-state index contributed by atoms with van der Waals surface area (Å²) in [6, 6.07) is -5.33. The van der Waals surface area contributed by atoms with Crippen LogP contribution >= 0.6 is 0 Å². The molecule has 41 nitrogen and oxygen atoms in total. The number of rotatable bonds is 24. The highest BCUT2D eigenvalue weighted by molar-refractivity contribution is 5.77. The number of carboxylic acid groups (broad SMARTS) is 1. The molecular weight excluding hydrogens is 1260 g/mol. The van der Waals surface area contributed by atoms with Crippen molar-refractivity contribution < 1.29 is 188 Å². The minimum Gasteiger partial charge on any atom is -0.477 e. The number of aliphatic hydroxyl groups is 20. The molecule has 0 aromatic rings. The van der Waals surface area contributed by atoms with Gasteiger partial charge in [-0.05, 0) is 6.92 Å². The van der Waals surface area contributed by atoms with E-state index in [2.05, 4.69) is 16.0 Å². The van der Waals surface area contributed by atoms with Crippen LogP contribution in [0.3, 0.4) is 0 Å². The molecule has 7 aliphatic heterocycles. The Balaban J connectivity index is 1.14. The number of amides is 3. The third kappa shape index (κ3) is 16.4. The smallest absolute Gasteiger partial charge is 0.364 e. The van der Waals surface area contributed by atoms with Crippen LogP contribution in [0.4, 0.5) is 0 Å². The maximum absolute atomic E-state index is 13.2. The highest BCUT2D eigenvalue weighted by Gasteiger charge is 2.62. The van der Waals surface area contributed by atoms with E-state index in [1.165, 1.54) is 6.92 Å². The van der Waals surface area contributed by atoms with E-state index in [4.69, 9.17) is 61.6 Å². The Morgan fingerprint density at radius 1 is 0.467 bits per heavy atom. The van der Waals surface area contributed by atoms with Gasteiger partial charge in [-0.3, -0.25) is 14.4 Å². The molecule has 3 amide bonds. The number of nitrogens with one attached hydrogen (secondary N) is 3. The van der Waals surface area contributed by atoms with Crippen molar-refractivity contribution in [3.8, 4) is 0 Å².